The van der Waals surface area contributed by atoms with Crippen molar-refractivity contribution < 1.29 is 23.8 Å². The van der Waals surface area contributed by atoms with Gasteiger partial charge < -0.3 is 19.5 Å². The summed E-state index contributed by atoms with van der Waals surface area (Å²) in [5.41, 5.74) is 3.84. The van der Waals surface area contributed by atoms with Crippen molar-refractivity contribution in [3.05, 3.63) is 83.6 Å². The minimum atomic E-state index is -0.523. The Hall–Kier alpha value is -3.87. The maximum absolute atomic E-state index is 12.1. The van der Waals surface area contributed by atoms with Crippen LogP contribution in [0.15, 0.2) is 66.9 Å². The molecular formula is C24H24N2O5. The average Bonchev–Trinajstić information content (AvgIpc) is 2.82. The Kier molecular flexibility index (Phi) is 7.59. The van der Waals surface area contributed by atoms with E-state index < -0.39 is 6.09 Å². The summed E-state index contributed by atoms with van der Waals surface area (Å²) in [5, 5.41) is 2.76. The van der Waals surface area contributed by atoms with Crippen molar-refractivity contribution in [3.8, 4) is 17.0 Å². The van der Waals surface area contributed by atoms with Crippen LogP contribution in [-0.2, 0) is 33.8 Å². The minimum Gasteiger partial charge on any atom is -0.496 e. The van der Waals surface area contributed by atoms with Crippen LogP contribution in [0.25, 0.3) is 11.3 Å². The van der Waals surface area contributed by atoms with Gasteiger partial charge >= 0.3 is 12.1 Å². The highest BCUT2D eigenvalue weighted by Crippen LogP contribution is 2.32. The molecular weight excluding hydrogens is 396 g/mol. The molecule has 31 heavy (non-hydrogen) atoms. The van der Waals surface area contributed by atoms with Gasteiger partial charge in [-0.1, -0.05) is 42.5 Å². The van der Waals surface area contributed by atoms with Gasteiger partial charge in [0.2, 0.25) is 0 Å². The van der Waals surface area contributed by atoms with Crippen LogP contribution in [0.1, 0.15) is 16.7 Å². The Bertz CT molecular complexity index is 1040. The fraction of sp³-hybridized carbons (Fsp3) is 0.208. The molecule has 0 atom stereocenters. The topological polar surface area (TPSA) is 86.8 Å². The molecule has 1 amide bonds. The maximum Gasteiger partial charge on any atom is 0.407 e. The number of amides is 1. The van der Waals surface area contributed by atoms with Crippen molar-refractivity contribution in [1.29, 1.82) is 0 Å². The molecule has 0 bridgehead atoms. The van der Waals surface area contributed by atoms with E-state index in [1.54, 1.807) is 31.5 Å². The number of carbonyl (C=O) groups is 2. The zero-order valence-electron chi connectivity index (χ0n) is 17.5. The zero-order chi connectivity index (χ0) is 22.1. The molecule has 0 aliphatic heterocycles. The summed E-state index contributed by atoms with van der Waals surface area (Å²) in [5.74, 6) is 0.278. The monoisotopic (exact) mass is 420 g/mol. The molecule has 2 aromatic carbocycles. The van der Waals surface area contributed by atoms with Gasteiger partial charge in [0, 0.05) is 18.3 Å². The molecule has 1 heterocycles. The first-order valence-electron chi connectivity index (χ1n) is 9.73. The summed E-state index contributed by atoms with van der Waals surface area (Å²) in [6.07, 6.45) is 1.28. The van der Waals surface area contributed by atoms with Crippen LogP contribution in [0.2, 0.25) is 0 Å². The molecule has 7 heteroatoms. The summed E-state index contributed by atoms with van der Waals surface area (Å²) in [4.78, 5) is 28.3. The van der Waals surface area contributed by atoms with Crippen molar-refractivity contribution in [2.75, 3.05) is 14.2 Å². The second-order valence-electron chi connectivity index (χ2n) is 6.71. The van der Waals surface area contributed by atoms with E-state index in [1.165, 1.54) is 7.11 Å². The number of hydrogen-bond donors (Lipinski definition) is 1. The van der Waals surface area contributed by atoms with Crippen LogP contribution in [0.5, 0.6) is 5.75 Å². The molecule has 0 saturated carbocycles. The molecule has 0 radical (unpaired) electrons. The van der Waals surface area contributed by atoms with Gasteiger partial charge in [-0.3, -0.25) is 9.78 Å². The van der Waals surface area contributed by atoms with Gasteiger partial charge in [0.05, 0.1) is 26.3 Å². The Balaban J connectivity index is 1.74. The van der Waals surface area contributed by atoms with Gasteiger partial charge in [-0.25, -0.2) is 4.79 Å². The molecule has 0 fully saturated rings. The summed E-state index contributed by atoms with van der Waals surface area (Å²) in [6.45, 7) is 0.414. The molecule has 3 aromatic rings. The number of aromatic nitrogens is 1. The number of hydrogen-bond acceptors (Lipinski definition) is 6. The quantitative estimate of drug-likeness (QED) is 0.556. The largest absolute Gasteiger partial charge is 0.496 e. The number of carbonyl (C=O) groups excluding carboxylic acids is 2. The molecule has 1 aromatic heterocycles. The van der Waals surface area contributed by atoms with Crippen LogP contribution in [0.3, 0.4) is 0 Å². The highest BCUT2D eigenvalue weighted by atomic mass is 16.5. The van der Waals surface area contributed by atoms with Gasteiger partial charge in [-0.05, 0) is 34.9 Å². The van der Waals surface area contributed by atoms with Gasteiger partial charge in [-0.15, -0.1) is 0 Å². The Labute approximate surface area is 181 Å². The number of nitrogens with zero attached hydrogens (tertiary/aromatic N) is 1. The van der Waals surface area contributed by atoms with Crippen LogP contribution >= 0.6 is 0 Å². The van der Waals surface area contributed by atoms with Crippen molar-refractivity contribution in [2.45, 2.75) is 19.6 Å². The number of alkyl carbamates (subject to hydrolysis) is 1. The fourth-order valence-corrected chi connectivity index (χ4v) is 3.05. The second-order valence-corrected chi connectivity index (χ2v) is 6.71. The van der Waals surface area contributed by atoms with E-state index in [4.69, 9.17) is 14.2 Å². The number of nitrogens with one attached hydrogen (secondary N) is 1. The van der Waals surface area contributed by atoms with Gasteiger partial charge in [0.15, 0.2) is 0 Å². The summed E-state index contributed by atoms with van der Waals surface area (Å²) < 4.78 is 15.5. The average molecular weight is 420 g/mol. The van der Waals surface area contributed by atoms with E-state index in [9.17, 15) is 9.59 Å². The molecule has 0 aliphatic rings. The normalized spacial score (nSPS) is 10.3. The zero-order valence-corrected chi connectivity index (χ0v) is 17.5. The highest BCUT2D eigenvalue weighted by Gasteiger charge is 2.15. The van der Waals surface area contributed by atoms with Gasteiger partial charge in [0.1, 0.15) is 12.4 Å². The number of esters is 1. The van der Waals surface area contributed by atoms with Crippen molar-refractivity contribution in [2.24, 2.45) is 0 Å². The van der Waals surface area contributed by atoms with Crippen molar-refractivity contribution in [1.82, 2.24) is 10.3 Å². The Morgan fingerprint density at radius 1 is 0.968 bits per heavy atom. The third kappa shape index (κ3) is 6.05. The third-order valence-corrected chi connectivity index (χ3v) is 4.62. The van der Waals surface area contributed by atoms with Crippen LogP contribution < -0.4 is 10.1 Å². The maximum atomic E-state index is 12.1. The molecule has 0 saturated heterocycles. The molecule has 0 aliphatic carbocycles. The Morgan fingerprint density at radius 2 is 1.77 bits per heavy atom. The van der Waals surface area contributed by atoms with Crippen molar-refractivity contribution in [3.63, 3.8) is 0 Å². The number of benzene rings is 2. The first kappa shape index (κ1) is 21.8. The van der Waals surface area contributed by atoms with Crippen LogP contribution in [-0.4, -0.2) is 31.3 Å². The summed E-state index contributed by atoms with van der Waals surface area (Å²) >= 11 is 0. The standard InChI is InChI=1S/C24H24N2O5/c1-29-21-11-10-18(14-22(27)30-2)13-20(21)23-19(9-6-12-25-23)15-26-24(28)31-16-17-7-4-3-5-8-17/h3-13H,14-16H2,1-2H3,(H,26,28). The number of methoxy groups -OCH3 is 2. The summed E-state index contributed by atoms with van der Waals surface area (Å²) in [7, 11) is 2.92. The van der Waals surface area contributed by atoms with Crippen molar-refractivity contribution >= 4 is 12.1 Å². The lowest BCUT2D eigenvalue weighted by atomic mass is 10.0. The van der Waals surface area contributed by atoms with Gasteiger partial charge in [0.25, 0.3) is 0 Å². The molecule has 0 unspecified atom stereocenters. The Morgan fingerprint density at radius 3 is 2.52 bits per heavy atom. The summed E-state index contributed by atoms with van der Waals surface area (Å²) in [6, 6.07) is 18.6. The SMILES string of the molecule is COC(=O)Cc1ccc(OC)c(-c2ncccc2CNC(=O)OCc2ccccc2)c1. The van der Waals surface area contributed by atoms with E-state index in [0.29, 0.717) is 11.4 Å². The lowest BCUT2D eigenvalue weighted by Gasteiger charge is -2.14. The van der Waals surface area contributed by atoms with Crippen LogP contribution in [0, 0.1) is 0 Å². The predicted octanol–water partition coefficient (Wildman–Crippen LogP) is 3.90. The molecule has 160 valence electrons. The lowest BCUT2D eigenvalue weighted by Crippen LogP contribution is -2.24. The first-order chi connectivity index (χ1) is 15.1. The van der Waals surface area contributed by atoms with E-state index >= 15 is 0 Å². The minimum absolute atomic E-state index is 0.139. The first-order valence-corrected chi connectivity index (χ1v) is 9.73. The second kappa shape index (κ2) is 10.8. The molecule has 1 N–H and O–H groups in total. The number of rotatable bonds is 8. The smallest absolute Gasteiger partial charge is 0.407 e. The predicted molar refractivity (Wildman–Crippen MR) is 115 cm³/mol. The molecule has 7 nitrogen and oxygen atoms in total. The van der Waals surface area contributed by atoms with E-state index in [1.807, 2.05) is 42.5 Å². The van der Waals surface area contributed by atoms with Crippen LogP contribution in [0.4, 0.5) is 4.79 Å². The number of ether oxygens (including phenoxy) is 3. The molecule has 3 rings (SSSR count). The molecule has 0 spiro atoms. The fourth-order valence-electron chi connectivity index (χ4n) is 3.05. The number of pyridine rings is 1. The van der Waals surface area contributed by atoms with E-state index in [0.717, 1.165) is 22.3 Å². The third-order valence-electron chi connectivity index (χ3n) is 4.62. The lowest BCUT2D eigenvalue weighted by molar-refractivity contribution is -0.139. The van der Waals surface area contributed by atoms with E-state index in [-0.39, 0.29) is 25.5 Å². The highest BCUT2D eigenvalue weighted by molar-refractivity contribution is 5.76. The van der Waals surface area contributed by atoms with Gasteiger partial charge in [-0.2, -0.15) is 0 Å². The van der Waals surface area contributed by atoms with E-state index in [2.05, 4.69) is 10.3 Å².